The number of hydrogen-bond donors (Lipinski definition) is 1. The van der Waals surface area contributed by atoms with Gasteiger partial charge in [0.25, 0.3) is 0 Å². The monoisotopic (exact) mass is 257 g/mol. The Bertz CT molecular complexity index is 302. The molecule has 2 heterocycles. The molecule has 0 spiro atoms. The molecule has 2 aliphatic rings. The highest BCUT2D eigenvalue weighted by Gasteiger charge is 2.34. The van der Waals surface area contributed by atoms with Gasteiger partial charge >= 0.3 is 5.97 Å². The second kappa shape index (κ2) is 5.76. The Morgan fingerprint density at radius 1 is 1.24 bits per heavy atom. The highest BCUT2D eigenvalue weighted by atomic mass is 32.2. The molecular formula is C12H19NO3S. The zero-order valence-corrected chi connectivity index (χ0v) is 10.7. The quantitative estimate of drug-likeness (QED) is 0.834. The molecule has 96 valence electrons. The molecule has 0 saturated carbocycles. The SMILES string of the molecule is O=C(O)[C@@H]1CCCN1C(=O)CC1CCSCC1. The second-order valence-corrected chi connectivity index (χ2v) is 6.07. The summed E-state index contributed by atoms with van der Waals surface area (Å²) in [6.07, 6.45) is 4.18. The maximum Gasteiger partial charge on any atom is 0.326 e. The summed E-state index contributed by atoms with van der Waals surface area (Å²) in [5, 5.41) is 9.04. The second-order valence-electron chi connectivity index (χ2n) is 4.84. The fraction of sp³-hybridized carbons (Fsp3) is 0.833. The third-order valence-corrected chi connectivity index (χ3v) is 4.71. The molecule has 0 aromatic heterocycles. The van der Waals surface area contributed by atoms with E-state index in [9.17, 15) is 9.59 Å². The molecule has 1 amide bonds. The van der Waals surface area contributed by atoms with E-state index in [1.54, 1.807) is 4.90 Å². The predicted molar refractivity (Wildman–Crippen MR) is 67.0 cm³/mol. The fourth-order valence-electron chi connectivity index (χ4n) is 2.64. The van der Waals surface area contributed by atoms with Crippen molar-refractivity contribution in [2.75, 3.05) is 18.1 Å². The summed E-state index contributed by atoms with van der Waals surface area (Å²) in [4.78, 5) is 24.7. The van der Waals surface area contributed by atoms with Crippen LogP contribution in [0.2, 0.25) is 0 Å². The molecule has 1 atom stereocenters. The van der Waals surface area contributed by atoms with E-state index in [-0.39, 0.29) is 5.91 Å². The summed E-state index contributed by atoms with van der Waals surface area (Å²) in [5.41, 5.74) is 0. The topological polar surface area (TPSA) is 57.6 Å². The smallest absolute Gasteiger partial charge is 0.326 e. The number of carbonyl (C=O) groups excluding carboxylic acids is 1. The molecule has 0 aromatic carbocycles. The third-order valence-electron chi connectivity index (χ3n) is 3.66. The Morgan fingerprint density at radius 2 is 1.94 bits per heavy atom. The lowest BCUT2D eigenvalue weighted by Gasteiger charge is -2.26. The van der Waals surface area contributed by atoms with E-state index >= 15 is 0 Å². The van der Waals surface area contributed by atoms with Crippen LogP contribution in [0.15, 0.2) is 0 Å². The van der Waals surface area contributed by atoms with Gasteiger partial charge in [-0.05, 0) is 43.1 Å². The molecule has 2 saturated heterocycles. The van der Waals surface area contributed by atoms with Gasteiger partial charge in [-0.1, -0.05) is 0 Å². The number of carboxylic acid groups (broad SMARTS) is 1. The number of likely N-dealkylation sites (tertiary alicyclic amines) is 1. The molecule has 2 aliphatic heterocycles. The summed E-state index contributed by atoms with van der Waals surface area (Å²) in [6, 6.07) is -0.569. The van der Waals surface area contributed by atoms with Crippen molar-refractivity contribution in [1.82, 2.24) is 4.90 Å². The van der Waals surface area contributed by atoms with E-state index in [1.807, 2.05) is 11.8 Å². The molecule has 0 unspecified atom stereocenters. The Labute approximate surface area is 106 Å². The zero-order valence-electron chi connectivity index (χ0n) is 9.93. The van der Waals surface area contributed by atoms with Gasteiger partial charge in [0.1, 0.15) is 6.04 Å². The minimum absolute atomic E-state index is 0.0480. The maximum atomic E-state index is 12.1. The van der Waals surface area contributed by atoms with Gasteiger partial charge in [-0.25, -0.2) is 4.79 Å². The molecule has 2 fully saturated rings. The van der Waals surface area contributed by atoms with Crippen molar-refractivity contribution in [1.29, 1.82) is 0 Å². The van der Waals surface area contributed by atoms with E-state index in [1.165, 1.54) is 0 Å². The highest BCUT2D eigenvalue weighted by molar-refractivity contribution is 7.99. The molecule has 1 N–H and O–H groups in total. The molecule has 5 heteroatoms. The van der Waals surface area contributed by atoms with Crippen molar-refractivity contribution in [2.24, 2.45) is 5.92 Å². The Kier molecular flexibility index (Phi) is 4.31. The minimum Gasteiger partial charge on any atom is -0.480 e. The van der Waals surface area contributed by atoms with Gasteiger partial charge in [-0.3, -0.25) is 4.79 Å². The van der Waals surface area contributed by atoms with E-state index in [0.717, 1.165) is 30.8 Å². The summed E-state index contributed by atoms with van der Waals surface area (Å²) in [6.45, 7) is 0.622. The minimum atomic E-state index is -0.852. The lowest BCUT2D eigenvalue weighted by molar-refractivity contribution is -0.148. The average molecular weight is 257 g/mol. The van der Waals surface area contributed by atoms with Gasteiger partial charge in [0.15, 0.2) is 0 Å². The number of amides is 1. The summed E-state index contributed by atoms with van der Waals surface area (Å²) in [7, 11) is 0. The van der Waals surface area contributed by atoms with Gasteiger partial charge in [0.05, 0.1) is 0 Å². The molecule has 0 bridgehead atoms. The third kappa shape index (κ3) is 3.15. The van der Waals surface area contributed by atoms with Gasteiger partial charge in [0.2, 0.25) is 5.91 Å². The van der Waals surface area contributed by atoms with Crippen molar-refractivity contribution < 1.29 is 14.7 Å². The van der Waals surface area contributed by atoms with Crippen LogP contribution in [0.1, 0.15) is 32.1 Å². The van der Waals surface area contributed by atoms with Crippen molar-refractivity contribution in [3.05, 3.63) is 0 Å². The van der Waals surface area contributed by atoms with Gasteiger partial charge in [0, 0.05) is 13.0 Å². The van der Waals surface area contributed by atoms with Crippen LogP contribution < -0.4 is 0 Å². The van der Waals surface area contributed by atoms with Crippen LogP contribution >= 0.6 is 11.8 Å². The van der Waals surface area contributed by atoms with Gasteiger partial charge in [-0.15, -0.1) is 0 Å². The number of nitrogens with zero attached hydrogens (tertiary/aromatic N) is 1. The van der Waals surface area contributed by atoms with Crippen LogP contribution in [-0.2, 0) is 9.59 Å². The number of carbonyl (C=O) groups is 2. The summed E-state index contributed by atoms with van der Waals surface area (Å²) in [5.74, 6) is 1.95. The van der Waals surface area contributed by atoms with Crippen LogP contribution in [0.3, 0.4) is 0 Å². The van der Waals surface area contributed by atoms with Crippen molar-refractivity contribution in [3.8, 4) is 0 Å². The first kappa shape index (κ1) is 12.7. The number of thioether (sulfide) groups is 1. The molecule has 0 radical (unpaired) electrons. The van der Waals surface area contributed by atoms with Crippen molar-refractivity contribution >= 4 is 23.6 Å². The Morgan fingerprint density at radius 3 is 2.59 bits per heavy atom. The van der Waals surface area contributed by atoms with Crippen molar-refractivity contribution in [2.45, 2.75) is 38.1 Å². The van der Waals surface area contributed by atoms with E-state index in [2.05, 4.69) is 0 Å². The lowest BCUT2D eigenvalue weighted by atomic mass is 9.98. The number of hydrogen-bond acceptors (Lipinski definition) is 3. The predicted octanol–water partition coefficient (Wildman–Crippen LogP) is 1.60. The number of aliphatic carboxylic acids is 1. The van der Waals surface area contributed by atoms with Gasteiger partial charge in [-0.2, -0.15) is 11.8 Å². The molecule has 4 nitrogen and oxygen atoms in total. The number of rotatable bonds is 3. The van der Waals surface area contributed by atoms with Crippen LogP contribution in [0, 0.1) is 5.92 Å². The summed E-state index contributed by atoms with van der Waals surface area (Å²) < 4.78 is 0. The van der Waals surface area contributed by atoms with Gasteiger partial charge < -0.3 is 10.0 Å². The largest absolute Gasteiger partial charge is 0.480 e. The maximum absolute atomic E-state index is 12.1. The number of carboxylic acids is 1. The van der Waals surface area contributed by atoms with Crippen LogP contribution in [0.25, 0.3) is 0 Å². The first-order chi connectivity index (χ1) is 8.18. The Balaban J connectivity index is 1.88. The van der Waals surface area contributed by atoms with Crippen molar-refractivity contribution in [3.63, 3.8) is 0 Å². The molecule has 2 rings (SSSR count). The average Bonchev–Trinajstić information content (AvgIpc) is 2.79. The first-order valence-corrected chi connectivity index (χ1v) is 7.44. The zero-order chi connectivity index (χ0) is 12.3. The highest BCUT2D eigenvalue weighted by Crippen LogP contribution is 2.27. The standard InChI is InChI=1S/C12H19NO3S/c14-11(8-9-3-6-17-7-4-9)13-5-1-2-10(13)12(15)16/h9-10H,1-8H2,(H,15,16)/t10-/m0/s1. The molecule has 0 aliphatic carbocycles. The van der Waals surface area contributed by atoms with E-state index in [4.69, 9.17) is 5.11 Å². The van der Waals surface area contributed by atoms with Crippen LogP contribution in [-0.4, -0.2) is 46.0 Å². The molecule has 0 aromatic rings. The summed E-state index contributed by atoms with van der Waals surface area (Å²) >= 11 is 1.94. The molecular weight excluding hydrogens is 238 g/mol. The fourth-order valence-corrected chi connectivity index (χ4v) is 3.84. The van der Waals surface area contributed by atoms with Crippen LogP contribution in [0.4, 0.5) is 0 Å². The van der Waals surface area contributed by atoms with Crippen LogP contribution in [0.5, 0.6) is 0 Å². The lowest BCUT2D eigenvalue weighted by Crippen LogP contribution is -2.41. The first-order valence-electron chi connectivity index (χ1n) is 6.28. The molecule has 17 heavy (non-hydrogen) atoms. The van der Waals surface area contributed by atoms with E-state index in [0.29, 0.717) is 25.3 Å². The normalized spacial score (nSPS) is 26.1. The Hall–Kier alpha value is -0.710. The van der Waals surface area contributed by atoms with E-state index < -0.39 is 12.0 Å².